The number of imidazole rings is 1. The summed E-state index contributed by atoms with van der Waals surface area (Å²) >= 11 is 0. The lowest BCUT2D eigenvalue weighted by atomic mass is 10.2. The van der Waals surface area contributed by atoms with Crippen molar-refractivity contribution >= 4 is 9.84 Å². The minimum atomic E-state index is -3.42. The number of sulfone groups is 1. The summed E-state index contributed by atoms with van der Waals surface area (Å²) in [5, 5.41) is 0.136. The van der Waals surface area contributed by atoms with E-state index in [0.29, 0.717) is 45.1 Å². The molecule has 1 rings (SSSR count). The topological polar surface area (TPSA) is 64.4 Å². The highest BCUT2D eigenvalue weighted by atomic mass is 32.2. The van der Waals surface area contributed by atoms with E-state index >= 15 is 0 Å². The highest BCUT2D eigenvalue weighted by Gasteiger charge is 2.24. The van der Waals surface area contributed by atoms with E-state index < -0.39 is 9.84 Å². The van der Waals surface area contributed by atoms with Crippen molar-refractivity contribution < 1.29 is 13.2 Å². The maximum atomic E-state index is 12.7. The maximum absolute atomic E-state index is 12.7. The van der Waals surface area contributed by atoms with Crippen molar-refractivity contribution in [3.8, 4) is 0 Å². The van der Waals surface area contributed by atoms with E-state index in [4.69, 9.17) is 4.74 Å². The summed E-state index contributed by atoms with van der Waals surface area (Å²) in [6.07, 6.45) is 5.91. The third kappa shape index (κ3) is 6.76. The van der Waals surface area contributed by atoms with E-state index in [9.17, 15) is 8.42 Å². The van der Waals surface area contributed by atoms with Gasteiger partial charge in [0.2, 0.25) is 15.0 Å². The van der Waals surface area contributed by atoms with Crippen LogP contribution in [0.1, 0.15) is 26.0 Å². The molecule has 0 saturated heterocycles. The molecule has 0 radical (unpaired) electrons. The van der Waals surface area contributed by atoms with Gasteiger partial charge in [0.1, 0.15) is 0 Å². The van der Waals surface area contributed by atoms with E-state index in [2.05, 4.69) is 23.0 Å². The molecule has 142 valence electrons. The van der Waals surface area contributed by atoms with Gasteiger partial charge in [-0.05, 0) is 12.3 Å². The fourth-order valence-electron chi connectivity index (χ4n) is 2.47. The van der Waals surface area contributed by atoms with Gasteiger partial charge in [-0.3, -0.25) is 4.90 Å². The molecule has 0 atom stereocenters. The van der Waals surface area contributed by atoms with E-state index in [-0.39, 0.29) is 10.9 Å². The van der Waals surface area contributed by atoms with Crippen LogP contribution >= 0.6 is 0 Å². The Morgan fingerprint density at radius 3 is 2.48 bits per heavy atom. The molecule has 1 aromatic heterocycles. The Bertz CT molecular complexity index is 641. The Kier molecular flexibility index (Phi) is 9.10. The van der Waals surface area contributed by atoms with Crippen LogP contribution in [-0.4, -0.2) is 55.4 Å². The Morgan fingerprint density at radius 2 is 1.96 bits per heavy atom. The van der Waals surface area contributed by atoms with Crippen LogP contribution in [0.25, 0.3) is 0 Å². The molecule has 1 aromatic rings. The van der Waals surface area contributed by atoms with E-state index in [1.165, 1.54) is 0 Å². The highest BCUT2D eigenvalue weighted by molar-refractivity contribution is 7.91. The molecule has 25 heavy (non-hydrogen) atoms. The molecular formula is C18H31N3O3S. The smallest absolute Gasteiger partial charge is 0.227 e. The normalized spacial score (nSPS) is 12.0. The van der Waals surface area contributed by atoms with Gasteiger partial charge < -0.3 is 9.30 Å². The number of aromatic nitrogens is 2. The summed E-state index contributed by atoms with van der Waals surface area (Å²) in [5.74, 6) is 0.434. The quantitative estimate of drug-likeness (QED) is 0.500. The van der Waals surface area contributed by atoms with Crippen LogP contribution in [0.4, 0.5) is 0 Å². The van der Waals surface area contributed by atoms with Crippen molar-refractivity contribution in [3.63, 3.8) is 0 Å². The van der Waals surface area contributed by atoms with Crippen molar-refractivity contribution in [2.75, 3.05) is 32.6 Å². The molecule has 0 aliphatic heterocycles. The molecule has 0 spiro atoms. The van der Waals surface area contributed by atoms with Gasteiger partial charge in [0.15, 0.2) is 0 Å². The Balaban J connectivity index is 3.12. The van der Waals surface area contributed by atoms with Gasteiger partial charge in [-0.15, -0.1) is 13.2 Å². The number of rotatable bonds is 13. The predicted octanol–water partition coefficient (Wildman–Crippen LogP) is 2.52. The van der Waals surface area contributed by atoms with Crippen LogP contribution in [0.15, 0.2) is 36.7 Å². The van der Waals surface area contributed by atoms with E-state index in [1.54, 1.807) is 17.9 Å². The summed E-state index contributed by atoms with van der Waals surface area (Å²) < 4.78 is 32.3. The fourth-order valence-corrected chi connectivity index (χ4v) is 4.19. The molecule has 0 bridgehead atoms. The van der Waals surface area contributed by atoms with Gasteiger partial charge in [-0.25, -0.2) is 13.4 Å². The van der Waals surface area contributed by atoms with Gasteiger partial charge in [0.05, 0.1) is 24.3 Å². The number of hydrogen-bond acceptors (Lipinski definition) is 5. The number of nitrogens with zero attached hydrogens (tertiary/aromatic N) is 3. The first-order valence-corrected chi connectivity index (χ1v) is 10.2. The van der Waals surface area contributed by atoms with Crippen LogP contribution in [0, 0.1) is 5.92 Å². The molecule has 0 amide bonds. The molecule has 0 fully saturated rings. The molecule has 0 aromatic carbocycles. The lowest BCUT2D eigenvalue weighted by Gasteiger charge is -2.20. The standard InChI is InChI=1S/C18H31N3O3S/c1-6-9-20(10-7-2)15-17-14-19-18(21(17)11-12-24-5)25(22,23)13-8-16(3)4/h6-7,14,16H,1-2,8-13,15H2,3-5H3. The summed E-state index contributed by atoms with van der Waals surface area (Å²) in [6, 6.07) is 0. The zero-order valence-corrected chi connectivity index (χ0v) is 16.5. The molecule has 1 heterocycles. The lowest BCUT2D eigenvalue weighted by Crippen LogP contribution is -2.26. The van der Waals surface area contributed by atoms with Gasteiger partial charge in [-0.2, -0.15) is 0 Å². The summed E-state index contributed by atoms with van der Waals surface area (Å²) in [6.45, 7) is 14.4. The summed E-state index contributed by atoms with van der Waals surface area (Å²) in [5.41, 5.74) is 0.851. The second kappa shape index (κ2) is 10.5. The second-order valence-corrected chi connectivity index (χ2v) is 8.45. The molecule has 7 heteroatoms. The molecule has 0 unspecified atom stereocenters. The first kappa shape index (κ1) is 21.6. The van der Waals surface area contributed by atoms with Crippen molar-refractivity contribution in [3.05, 3.63) is 37.2 Å². The molecule has 0 aliphatic rings. The van der Waals surface area contributed by atoms with Crippen molar-refractivity contribution in [2.24, 2.45) is 5.92 Å². The van der Waals surface area contributed by atoms with Gasteiger partial charge >= 0.3 is 0 Å². The third-order valence-corrected chi connectivity index (χ3v) is 5.48. The van der Waals surface area contributed by atoms with Crippen molar-refractivity contribution in [1.29, 1.82) is 0 Å². The average Bonchev–Trinajstić information content (AvgIpc) is 2.95. The number of ether oxygens (including phenoxy) is 1. The Hall–Kier alpha value is -1.44. The maximum Gasteiger partial charge on any atom is 0.227 e. The summed E-state index contributed by atoms with van der Waals surface area (Å²) in [7, 11) is -1.82. The monoisotopic (exact) mass is 369 g/mol. The minimum Gasteiger partial charge on any atom is -0.383 e. The summed E-state index contributed by atoms with van der Waals surface area (Å²) in [4.78, 5) is 6.35. The van der Waals surface area contributed by atoms with Crippen LogP contribution < -0.4 is 0 Å². The average molecular weight is 370 g/mol. The van der Waals surface area contributed by atoms with Gasteiger partial charge in [-0.1, -0.05) is 26.0 Å². The lowest BCUT2D eigenvalue weighted by molar-refractivity contribution is 0.182. The predicted molar refractivity (Wildman–Crippen MR) is 101 cm³/mol. The highest BCUT2D eigenvalue weighted by Crippen LogP contribution is 2.17. The molecule has 0 saturated carbocycles. The van der Waals surface area contributed by atoms with Gasteiger partial charge in [0, 0.05) is 33.3 Å². The zero-order chi connectivity index (χ0) is 18.9. The molecule has 0 aliphatic carbocycles. The Morgan fingerprint density at radius 1 is 1.32 bits per heavy atom. The van der Waals surface area contributed by atoms with Gasteiger partial charge in [0.25, 0.3) is 0 Å². The first-order valence-electron chi connectivity index (χ1n) is 8.56. The Labute approximate surface area is 152 Å². The fraction of sp³-hybridized carbons (Fsp3) is 0.611. The largest absolute Gasteiger partial charge is 0.383 e. The van der Waals surface area contributed by atoms with Crippen molar-refractivity contribution in [2.45, 2.75) is 38.5 Å². The van der Waals surface area contributed by atoms with E-state index in [0.717, 1.165) is 5.69 Å². The molecule has 6 nitrogen and oxygen atoms in total. The molecule has 0 N–H and O–H groups in total. The van der Waals surface area contributed by atoms with Crippen molar-refractivity contribution in [1.82, 2.24) is 14.5 Å². The SMILES string of the molecule is C=CCN(CC=C)Cc1cnc(S(=O)(=O)CCC(C)C)n1CCOC. The first-order chi connectivity index (χ1) is 11.9. The van der Waals surface area contributed by atoms with Crippen LogP contribution in [-0.2, 0) is 27.7 Å². The minimum absolute atomic E-state index is 0.108. The van der Waals surface area contributed by atoms with E-state index in [1.807, 2.05) is 26.0 Å². The van der Waals surface area contributed by atoms with Crippen LogP contribution in [0.3, 0.4) is 0 Å². The third-order valence-electron chi connectivity index (χ3n) is 3.82. The van der Waals surface area contributed by atoms with Crippen LogP contribution in [0.5, 0.6) is 0 Å². The molecular weight excluding hydrogens is 338 g/mol. The zero-order valence-electron chi connectivity index (χ0n) is 15.6. The number of methoxy groups -OCH3 is 1. The second-order valence-electron chi connectivity index (χ2n) is 6.45. The number of hydrogen-bond donors (Lipinski definition) is 0. The van der Waals surface area contributed by atoms with Crippen LogP contribution in [0.2, 0.25) is 0 Å².